The fourth-order valence-electron chi connectivity index (χ4n) is 4.28. The van der Waals surface area contributed by atoms with E-state index in [0.29, 0.717) is 36.6 Å². The van der Waals surface area contributed by atoms with Gasteiger partial charge in [0.2, 0.25) is 5.91 Å². The highest BCUT2D eigenvalue weighted by Gasteiger charge is 2.20. The minimum atomic E-state index is -0.584. The lowest BCUT2D eigenvalue weighted by atomic mass is 10.0. The number of anilines is 2. The van der Waals surface area contributed by atoms with Crippen molar-refractivity contribution in [3.05, 3.63) is 72.0 Å². The molecule has 0 spiro atoms. The summed E-state index contributed by atoms with van der Waals surface area (Å²) in [6.45, 7) is 6.18. The van der Waals surface area contributed by atoms with E-state index in [1.165, 1.54) is 12.5 Å². The Morgan fingerprint density at radius 2 is 1.71 bits per heavy atom. The average molecular weight is 460 g/mol. The summed E-state index contributed by atoms with van der Waals surface area (Å²) < 4.78 is 0. The number of carbonyl (C=O) groups excluding carboxylic acids is 3. The molecular weight excluding hydrogens is 430 g/mol. The Morgan fingerprint density at radius 3 is 2.32 bits per heavy atom. The van der Waals surface area contributed by atoms with Crippen molar-refractivity contribution in [2.45, 2.75) is 25.7 Å². The number of rotatable bonds is 6. The zero-order chi connectivity index (χ0) is 24.1. The second kappa shape index (κ2) is 10.3. The maximum absolute atomic E-state index is 12.7. The van der Waals surface area contributed by atoms with E-state index in [0.717, 1.165) is 37.2 Å². The highest BCUT2D eigenvalue weighted by atomic mass is 16.2. The molecule has 8 nitrogen and oxygen atoms in total. The van der Waals surface area contributed by atoms with Gasteiger partial charge in [0.15, 0.2) is 0 Å². The Balaban J connectivity index is 1.52. The third kappa shape index (κ3) is 5.17. The van der Waals surface area contributed by atoms with Crippen LogP contribution in [0.3, 0.4) is 0 Å². The second-order valence-corrected chi connectivity index (χ2v) is 8.48. The summed E-state index contributed by atoms with van der Waals surface area (Å²) >= 11 is 0. The van der Waals surface area contributed by atoms with Gasteiger partial charge in [0.1, 0.15) is 5.82 Å². The van der Waals surface area contributed by atoms with E-state index in [1.807, 2.05) is 11.0 Å². The van der Waals surface area contributed by atoms with Crippen molar-refractivity contribution in [1.29, 1.82) is 0 Å². The molecule has 0 radical (unpaired) electrons. The summed E-state index contributed by atoms with van der Waals surface area (Å²) in [5.74, 6) is -0.293. The molecule has 0 aliphatic carbocycles. The van der Waals surface area contributed by atoms with Crippen LogP contribution >= 0.6 is 0 Å². The molecule has 176 valence electrons. The molecule has 0 bridgehead atoms. The van der Waals surface area contributed by atoms with Crippen LogP contribution in [0.4, 0.5) is 11.5 Å². The van der Waals surface area contributed by atoms with Crippen LogP contribution in [0, 0.1) is 0 Å². The lowest BCUT2D eigenvalue weighted by Gasteiger charge is -2.26. The van der Waals surface area contributed by atoms with Crippen molar-refractivity contribution >= 4 is 34.8 Å². The molecule has 8 heteroatoms. The topological polar surface area (TPSA) is 109 Å². The van der Waals surface area contributed by atoms with E-state index < -0.39 is 5.91 Å². The number of nitrogens with one attached hydrogen (secondary N) is 1. The number of nitrogens with zero attached hydrogens (tertiary/aromatic N) is 3. The van der Waals surface area contributed by atoms with Crippen LogP contribution < -0.4 is 11.1 Å². The molecule has 1 saturated heterocycles. The fraction of sp³-hybridized carbons (Fsp3) is 0.308. The van der Waals surface area contributed by atoms with Gasteiger partial charge in [0.25, 0.3) is 11.8 Å². The zero-order valence-corrected chi connectivity index (χ0v) is 19.1. The van der Waals surface area contributed by atoms with Crippen LogP contribution in [0.2, 0.25) is 0 Å². The smallest absolute Gasteiger partial charge is 0.253 e. The van der Waals surface area contributed by atoms with E-state index in [-0.39, 0.29) is 17.4 Å². The number of nitrogens with two attached hydrogens (primary N) is 1. The summed E-state index contributed by atoms with van der Waals surface area (Å²) in [5.41, 5.74) is 8.89. The van der Waals surface area contributed by atoms with Crippen molar-refractivity contribution in [3.8, 4) is 0 Å². The number of primary amides is 1. The van der Waals surface area contributed by atoms with E-state index in [9.17, 15) is 14.4 Å². The minimum absolute atomic E-state index is 0.0393. The Morgan fingerprint density at radius 1 is 0.971 bits per heavy atom. The molecule has 1 aromatic carbocycles. The van der Waals surface area contributed by atoms with Gasteiger partial charge in [-0.3, -0.25) is 14.4 Å². The second-order valence-electron chi connectivity index (χ2n) is 8.48. The number of likely N-dealkylation sites (tertiary alicyclic amines) is 1. The number of benzene rings is 1. The Hall–Kier alpha value is -3.94. The Bertz CT molecular complexity index is 1130. The molecule has 3 amide bonds. The van der Waals surface area contributed by atoms with Crippen molar-refractivity contribution in [1.82, 2.24) is 14.8 Å². The monoisotopic (exact) mass is 459 g/mol. The molecule has 0 saturated carbocycles. The van der Waals surface area contributed by atoms with Gasteiger partial charge in [0, 0.05) is 37.4 Å². The van der Waals surface area contributed by atoms with Gasteiger partial charge in [-0.15, -0.1) is 0 Å². The zero-order valence-electron chi connectivity index (χ0n) is 19.1. The van der Waals surface area contributed by atoms with Crippen LogP contribution in [0.15, 0.2) is 55.1 Å². The minimum Gasteiger partial charge on any atom is -0.365 e. The Kier molecular flexibility index (Phi) is 7.06. The molecule has 2 aromatic rings. The number of amides is 3. The van der Waals surface area contributed by atoms with Gasteiger partial charge in [-0.25, -0.2) is 4.98 Å². The Labute approximate surface area is 199 Å². The highest BCUT2D eigenvalue weighted by molar-refractivity contribution is 5.99. The number of hydrogen-bond acceptors (Lipinski definition) is 5. The van der Waals surface area contributed by atoms with Gasteiger partial charge < -0.3 is 20.9 Å². The number of aromatic nitrogens is 1. The maximum Gasteiger partial charge on any atom is 0.253 e. The van der Waals surface area contributed by atoms with Crippen molar-refractivity contribution in [2.75, 3.05) is 31.5 Å². The number of pyridine rings is 1. The van der Waals surface area contributed by atoms with E-state index in [1.54, 1.807) is 41.3 Å². The van der Waals surface area contributed by atoms with Crippen LogP contribution in [0.1, 0.15) is 52.1 Å². The van der Waals surface area contributed by atoms with Gasteiger partial charge in [-0.2, -0.15) is 0 Å². The highest BCUT2D eigenvalue weighted by Crippen LogP contribution is 2.26. The standard InChI is InChI=1S/C26H29N5O3/c1-2-23(32)30-16-12-18(13-17-30)22-11-10-21(24(27)33)25(29-22)28-20-8-6-19(7-9-20)26(34)31-14-4-3-5-15-31/h2,6-12H,1,3-5,13-17H2,(H2,27,33)(H,28,29). The summed E-state index contributed by atoms with van der Waals surface area (Å²) in [6.07, 6.45) is 7.18. The predicted octanol–water partition coefficient (Wildman–Crippen LogP) is 3.35. The molecule has 0 unspecified atom stereocenters. The first-order valence-electron chi connectivity index (χ1n) is 11.5. The lowest BCUT2D eigenvalue weighted by molar-refractivity contribution is -0.125. The molecule has 2 aliphatic rings. The van der Waals surface area contributed by atoms with Crippen LogP contribution in [0.5, 0.6) is 0 Å². The summed E-state index contributed by atoms with van der Waals surface area (Å²) in [6, 6.07) is 10.6. The van der Waals surface area contributed by atoms with E-state index in [4.69, 9.17) is 5.73 Å². The summed E-state index contributed by atoms with van der Waals surface area (Å²) in [5, 5.41) is 3.17. The largest absolute Gasteiger partial charge is 0.365 e. The average Bonchev–Trinajstić information content (AvgIpc) is 2.88. The number of carbonyl (C=O) groups is 3. The molecule has 3 N–H and O–H groups in total. The fourth-order valence-corrected chi connectivity index (χ4v) is 4.28. The number of piperidine rings is 1. The first-order valence-corrected chi connectivity index (χ1v) is 11.5. The molecule has 1 fully saturated rings. The quantitative estimate of drug-likeness (QED) is 0.644. The van der Waals surface area contributed by atoms with Crippen molar-refractivity contribution in [3.63, 3.8) is 0 Å². The van der Waals surface area contributed by atoms with E-state index >= 15 is 0 Å². The molecule has 2 aliphatic heterocycles. The first kappa shape index (κ1) is 23.2. The van der Waals surface area contributed by atoms with Gasteiger partial charge >= 0.3 is 0 Å². The molecular formula is C26H29N5O3. The third-order valence-electron chi connectivity index (χ3n) is 6.22. The molecule has 0 atom stereocenters. The predicted molar refractivity (Wildman–Crippen MR) is 132 cm³/mol. The van der Waals surface area contributed by atoms with Gasteiger partial charge in [0.05, 0.1) is 11.3 Å². The molecule has 34 heavy (non-hydrogen) atoms. The van der Waals surface area contributed by atoms with Crippen LogP contribution in [0.25, 0.3) is 5.57 Å². The number of hydrogen-bond donors (Lipinski definition) is 2. The first-order chi connectivity index (χ1) is 16.5. The van der Waals surface area contributed by atoms with Crippen molar-refractivity contribution < 1.29 is 14.4 Å². The summed E-state index contributed by atoms with van der Waals surface area (Å²) in [4.78, 5) is 44.8. The normalized spacial score (nSPS) is 15.9. The van der Waals surface area contributed by atoms with Gasteiger partial charge in [-0.05, 0) is 73.7 Å². The maximum atomic E-state index is 12.7. The lowest BCUT2D eigenvalue weighted by Crippen LogP contribution is -2.35. The molecule has 1 aromatic heterocycles. The SMILES string of the molecule is C=CC(=O)N1CC=C(c2ccc(C(N)=O)c(Nc3ccc(C(=O)N4CCCCC4)cc3)n2)CC1. The third-order valence-corrected chi connectivity index (χ3v) is 6.22. The molecule has 4 rings (SSSR count). The van der Waals surface area contributed by atoms with E-state index in [2.05, 4.69) is 16.9 Å². The van der Waals surface area contributed by atoms with Crippen LogP contribution in [-0.2, 0) is 4.79 Å². The van der Waals surface area contributed by atoms with Gasteiger partial charge in [-0.1, -0.05) is 12.7 Å². The van der Waals surface area contributed by atoms with Crippen molar-refractivity contribution in [2.24, 2.45) is 5.73 Å². The summed E-state index contributed by atoms with van der Waals surface area (Å²) in [7, 11) is 0. The molecule has 3 heterocycles. The van der Waals surface area contributed by atoms with Crippen LogP contribution in [-0.4, -0.2) is 58.7 Å².